The number of nitrogens with one attached hydrogen (secondary N) is 1. The number of hydrogen-bond donors (Lipinski definition) is 1. The Morgan fingerprint density at radius 1 is 1.35 bits per heavy atom. The van der Waals surface area contributed by atoms with E-state index in [2.05, 4.69) is 42.6 Å². The number of halogens is 1. The van der Waals surface area contributed by atoms with Gasteiger partial charge in [0.05, 0.1) is 13.2 Å². The second-order valence-corrected chi connectivity index (χ2v) is 6.55. The zero-order valence-corrected chi connectivity index (χ0v) is 14.6. The van der Waals surface area contributed by atoms with E-state index in [9.17, 15) is 4.79 Å². The van der Waals surface area contributed by atoms with Gasteiger partial charge in [0.2, 0.25) is 5.91 Å². The van der Waals surface area contributed by atoms with Gasteiger partial charge in [-0.25, -0.2) is 0 Å². The number of carbonyl (C=O) groups excluding carboxylic acids is 1. The molecular weight excluding hydrogens is 312 g/mol. The fraction of sp³-hybridized carbons (Fsp3) is 0.611. The first-order valence-electron chi connectivity index (χ1n) is 8.38. The minimum atomic E-state index is 0. The van der Waals surface area contributed by atoms with E-state index >= 15 is 0 Å². The molecule has 1 aromatic rings. The lowest BCUT2D eigenvalue weighted by Crippen LogP contribution is -2.47. The lowest BCUT2D eigenvalue weighted by molar-refractivity contribution is -0.134. The number of hydrogen-bond acceptors (Lipinski definition) is 3. The SMILES string of the molecule is CC1CN(C(=O)CC2COCCN2)CCC1c1ccccc1.Cl. The predicted molar refractivity (Wildman–Crippen MR) is 94.0 cm³/mol. The van der Waals surface area contributed by atoms with E-state index in [1.54, 1.807) is 0 Å². The van der Waals surface area contributed by atoms with E-state index in [1.165, 1.54) is 5.56 Å². The summed E-state index contributed by atoms with van der Waals surface area (Å²) >= 11 is 0. The topological polar surface area (TPSA) is 41.6 Å². The first-order chi connectivity index (χ1) is 10.7. The molecule has 0 saturated carbocycles. The van der Waals surface area contributed by atoms with Crippen molar-refractivity contribution in [2.75, 3.05) is 32.8 Å². The Morgan fingerprint density at radius 3 is 2.78 bits per heavy atom. The van der Waals surface area contributed by atoms with Crippen LogP contribution in [0.15, 0.2) is 30.3 Å². The molecule has 3 unspecified atom stereocenters. The van der Waals surface area contributed by atoms with Gasteiger partial charge in [0.25, 0.3) is 0 Å². The van der Waals surface area contributed by atoms with Gasteiger partial charge >= 0.3 is 0 Å². The Balaban J connectivity index is 0.00000192. The molecule has 3 rings (SSSR count). The lowest BCUT2D eigenvalue weighted by Gasteiger charge is -2.38. The molecule has 2 fully saturated rings. The Morgan fingerprint density at radius 2 is 2.13 bits per heavy atom. The van der Waals surface area contributed by atoms with Crippen LogP contribution in [-0.2, 0) is 9.53 Å². The largest absolute Gasteiger partial charge is 0.378 e. The normalized spacial score (nSPS) is 28.0. The summed E-state index contributed by atoms with van der Waals surface area (Å²) in [6, 6.07) is 10.9. The third kappa shape index (κ3) is 4.69. The van der Waals surface area contributed by atoms with Crippen LogP contribution in [0.2, 0.25) is 0 Å². The third-order valence-electron chi connectivity index (χ3n) is 4.91. The zero-order chi connectivity index (χ0) is 15.4. The molecular formula is C18H27ClN2O2. The van der Waals surface area contributed by atoms with E-state index in [1.807, 2.05) is 4.90 Å². The van der Waals surface area contributed by atoms with Crippen molar-refractivity contribution in [2.24, 2.45) is 5.92 Å². The molecule has 1 aromatic carbocycles. The summed E-state index contributed by atoms with van der Waals surface area (Å²) in [6.07, 6.45) is 1.62. The second kappa shape index (κ2) is 8.67. The summed E-state index contributed by atoms with van der Waals surface area (Å²) in [5.41, 5.74) is 1.41. The van der Waals surface area contributed by atoms with Crippen LogP contribution in [0.3, 0.4) is 0 Å². The molecule has 1 amide bonds. The van der Waals surface area contributed by atoms with Crippen molar-refractivity contribution in [3.8, 4) is 0 Å². The van der Waals surface area contributed by atoms with Crippen LogP contribution < -0.4 is 5.32 Å². The molecule has 23 heavy (non-hydrogen) atoms. The highest BCUT2D eigenvalue weighted by atomic mass is 35.5. The monoisotopic (exact) mass is 338 g/mol. The van der Waals surface area contributed by atoms with Gasteiger partial charge in [-0.15, -0.1) is 12.4 Å². The van der Waals surface area contributed by atoms with Gasteiger partial charge in [0, 0.05) is 32.1 Å². The molecule has 0 aliphatic carbocycles. The summed E-state index contributed by atoms with van der Waals surface area (Å²) in [5, 5.41) is 3.36. The van der Waals surface area contributed by atoms with E-state index in [-0.39, 0.29) is 24.4 Å². The molecule has 2 aliphatic rings. The quantitative estimate of drug-likeness (QED) is 0.920. The van der Waals surface area contributed by atoms with Crippen molar-refractivity contribution in [3.63, 3.8) is 0 Å². The summed E-state index contributed by atoms with van der Waals surface area (Å²) in [4.78, 5) is 14.5. The smallest absolute Gasteiger partial charge is 0.224 e. The number of likely N-dealkylation sites (tertiary alicyclic amines) is 1. The molecule has 0 aromatic heterocycles. The molecule has 2 aliphatic heterocycles. The maximum absolute atomic E-state index is 12.5. The predicted octanol–water partition coefficient (Wildman–Crippen LogP) is 2.44. The van der Waals surface area contributed by atoms with E-state index in [0.29, 0.717) is 24.9 Å². The maximum Gasteiger partial charge on any atom is 0.224 e. The number of piperidine rings is 1. The van der Waals surface area contributed by atoms with Gasteiger partial charge in [0.15, 0.2) is 0 Å². The fourth-order valence-electron chi connectivity index (χ4n) is 3.66. The first-order valence-corrected chi connectivity index (χ1v) is 8.38. The van der Waals surface area contributed by atoms with Gasteiger partial charge in [-0.3, -0.25) is 4.79 Å². The Hall–Kier alpha value is -1.10. The van der Waals surface area contributed by atoms with Crippen molar-refractivity contribution in [1.29, 1.82) is 0 Å². The summed E-state index contributed by atoms with van der Waals surface area (Å²) in [5.74, 6) is 1.35. The molecule has 0 spiro atoms. The van der Waals surface area contributed by atoms with E-state index < -0.39 is 0 Å². The number of carbonyl (C=O) groups is 1. The van der Waals surface area contributed by atoms with Crippen molar-refractivity contribution in [2.45, 2.75) is 31.7 Å². The van der Waals surface area contributed by atoms with Crippen molar-refractivity contribution in [3.05, 3.63) is 35.9 Å². The molecule has 3 atom stereocenters. The number of morpholine rings is 1. The average molecular weight is 339 g/mol. The van der Waals surface area contributed by atoms with Crippen LogP contribution in [0.25, 0.3) is 0 Å². The van der Waals surface area contributed by atoms with Crippen molar-refractivity contribution < 1.29 is 9.53 Å². The van der Waals surface area contributed by atoms with Gasteiger partial charge in [-0.05, 0) is 23.8 Å². The van der Waals surface area contributed by atoms with E-state index in [0.717, 1.165) is 32.7 Å². The molecule has 128 valence electrons. The standard InChI is InChI=1S/C18H26N2O2.ClH/c1-14-12-20(18(21)11-16-13-22-10-8-19-16)9-7-17(14)15-5-3-2-4-6-15;/h2-6,14,16-17,19H,7-13H2,1H3;1H. The molecule has 0 radical (unpaired) electrons. The van der Waals surface area contributed by atoms with Crippen LogP contribution in [0.5, 0.6) is 0 Å². The highest BCUT2D eigenvalue weighted by Crippen LogP contribution is 2.32. The van der Waals surface area contributed by atoms with Gasteiger partial charge in [-0.2, -0.15) is 0 Å². The first kappa shape index (κ1) is 18.2. The Bertz CT molecular complexity index is 491. The Kier molecular flexibility index (Phi) is 6.88. The van der Waals surface area contributed by atoms with E-state index in [4.69, 9.17) is 4.74 Å². The van der Waals surface area contributed by atoms with Crippen molar-refractivity contribution >= 4 is 18.3 Å². The molecule has 2 saturated heterocycles. The summed E-state index contributed by atoms with van der Waals surface area (Å²) in [6.45, 7) is 6.26. The van der Waals surface area contributed by atoms with Gasteiger partial charge in [-0.1, -0.05) is 37.3 Å². The molecule has 5 heteroatoms. The minimum absolute atomic E-state index is 0. The molecule has 2 heterocycles. The average Bonchev–Trinajstić information content (AvgIpc) is 2.56. The number of rotatable bonds is 3. The fourth-order valence-corrected chi connectivity index (χ4v) is 3.66. The van der Waals surface area contributed by atoms with Crippen LogP contribution in [0.1, 0.15) is 31.2 Å². The van der Waals surface area contributed by atoms with Crippen LogP contribution in [-0.4, -0.2) is 49.7 Å². The number of ether oxygens (including phenoxy) is 1. The zero-order valence-electron chi connectivity index (χ0n) is 13.7. The molecule has 4 nitrogen and oxygen atoms in total. The van der Waals surface area contributed by atoms with Gasteiger partial charge < -0.3 is 15.0 Å². The van der Waals surface area contributed by atoms with Crippen LogP contribution >= 0.6 is 12.4 Å². The second-order valence-electron chi connectivity index (χ2n) is 6.55. The Labute approximate surface area is 145 Å². The summed E-state index contributed by atoms with van der Waals surface area (Å²) < 4.78 is 5.43. The number of nitrogens with zero attached hydrogens (tertiary/aromatic N) is 1. The third-order valence-corrected chi connectivity index (χ3v) is 4.91. The van der Waals surface area contributed by atoms with Crippen molar-refractivity contribution in [1.82, 2.24) is 10.2 Å². The number of amides is 1. The maximum atomic E-state index is 12.5. The molecule has 0 bridgehead atoms. The van der Waals surface area contributed by atoms with Crippen LogP contribution in [0, 0.1) is 5.92 Å². The molecule has 1 N–H and O–H groups in total. The highest BCUT2D eigenvalue weighted by molar-refractivity contribution is 5.85. The summed E-state index contributed by atoms with van der Waals surface area (Å²) in [7, 11) is 0. The number of benzene rings is 1. The lowest BCUT2D eigenvalue weighted by atomic mass is 9.81. The van der Waals surface area contributed by atoms with Crippen LogP contribution in [0.4, 0.5) is 0 Å². The minimum Gasteiger partial charge on any atom is -0.378 e. The highest BCUT2D eigenvalue weighted by Gasteiger charge is 2.30. The van der Waals surface area contributed by atoms with Gasteiger partial charge in [0.1, 0.15) is 0 Å².